The second kappa shape index (κ2) is 6.40. The molecule has 0 bridgehead atoms. The first kappa shape index (κ1) is 12.0. The Morgan fingerprint density at radius 1 is 1.25 bits per heavy atom. The molecule has 0 aromatic heterocycles. The van der Waals surface area contributed by atoms with E-state index in [0.717, 1.165) is 0 Å². The van der Waals surface area contributed by atoms with Gasteiger partial charge < -0.3 is 9.47 Å². The fourth-order valence-corrected chi connectivity index (χ4v) is 0.964. The summed E-state index contributed by atoms with van der Waals surface area (Å²) < 4.78 is 9.52. The van der Waals surface area contributed by atoms with E-state index >= 15 is 0 Å². The van der Waals surface area contributed by atoms with Crippen LogP contribution in [0.15, 0.2) is 42.5 Å². The van der Waals surface area contributed by atoms with Gasteiger partial charge in [0.05, 0.1) is 0 Å². The molecule has 0 radical (unpaired) electrons. The van der Waals surface area contributed by atoms with Gasteiger partial charge in [-0.1, -0.05) is 24.3 Å². The van der Waals surface area contributed by atoms with E-state index < -0.39 is 18.5 Å². The van der Waals surface area contributed by atoms with Crippen molar-refractivity contribution in [2.75, 3.05) is 6.61 Å². The SMILES string of the molecule is C/C=C/C(=O)OCC(=O)Oc1ccccc1. The molecule has 84 valence electrons. The van der Waals surface area contributed by atoms with Crippen molar-refractivity contribution < 1.29 is 19.1 Å². The van der Waals surface area contributed by atoms with E-state index in [-0.39, 0.29) is 0 Å². The van der Waals surface area contributed by atoms with Gasteiger partial charge in [-0.2, -0.15) is 0 Å². The van der Waals surface area contributed by atoms with E-state index in [2.05, 4.69) is 4.74 Å². The van der Waals surface area contributed by atoms with E-state index in [9.17, 15) is 9.59 Å². The van der Waals surface area contributed by atoms with Crippen molar-refractivity contribution in [3.05, 3.63) is 42.5 Å². The maximum Gasteiger partial charge on any atom is 0.349 e. The van der Waals surface area contributed by atoms with Crippen molar-refractivity contribution >= 4 is 11.9 Å². The summed E-state index contributed by atoms with van der Waals surface area (Å²) in [5.74, 6) is -0.744. The zero-order valence-corrected chi connectivity index (χ0v) is 8.88. The lowest BCUT2D eigenvalue weighted by molar-refractivity contribution is -0.150. The molecule has 0 unspecified atom stereocenters. The molecule has 0 atom stereocenters. The molecule has 0 aliphatic rings. The lowest BCUT2D eigenvalue weighted by Crippen LogP contribution is -2.17. The van der Waals surface area contributed by atoms with Crippen molar-refractivity contribution in [1.29, 1.82) is 0 Å². The van der Waals surface area contributed by atoms with Gasteiger partial charge in [-0.25, -0.2) is 9.59 Å². The largest absolute Gasteiger partial charge is 0.451 e. The van der Waals surface area contributed by atoms with Crippen LogP contribution in [0.2, 0.25) is 0 Å². The highest BCUT2D eigenvalue weighted by Crippen LogP contribution is 2.08. The predicted octanol–water partition coefficient (Wildman–Crippen LogP) is 1.71. The lowest BCUT2D eigenvalue weighted by atomic mass is 10.3. The van der Waals surface area contributed by atoms with Crippen LogP contribution in [-0.2, 0) is 14.3 Å². The Balaban J connectivity index is 2.34. The van der Waals surface area contributed by atoms with Crippen LogP contribution in [0.25, 0.3) is 0 Å². The molecule has 4 nitrogen and oxygen atoms in total. The molecule has 0 amide bonds. The maximum absolute atomic E-state index is 11.2. The zero-order valence-electron chi connectivity index (χ0n) is 8.88. The third-order valence-electron chi connectivity index (χ3n) is 1.61. The fourth-order valence-electron chi connectivity index (χ4n) is 0.964. The van der Waals surface area contributed by atoms with E-state index in [4.69, 9.17) is 4.74 Å². The van der Waals surface area contributed by atoms with E-state index in [0.29, 0.717) is 5.75 Å². The van der Waals surface area contributed by atoms with Crippen LogP contribution in [0.1, 0.15) is 6.92 Å². The summed E-state index contributed by atoms with van der Waals surface area (Å²) in [6.45, 7) is 1.29. The third-order valence-corrected chi connectivity index (χ3v) is 1.61. The summed E-state index contributed by atoms with van der Waals surface area (Å²) in [6.07, 6.45) is 2.76. The standard InChI is InChI=1S/C12H12O4/c1-2-6-11(13)15-9-12(14)16-10-7-4-3-5-8-10/h2-8H,9H2,1H3/b6-2+. The minimum atomic E-state index is -0.607. The van der Waals surface area contributed by atoms with Gasteiger partial charge in [0, 0.05) is 6.08 Å². The minimum Gasteiger partial charge on any atom is -0.451 e. The van der Waals surface area contributed by atoms with Crippen LogP contribution >= 0.6 is 0 Å². The summed E-state index contributed by atoms with van der Waals surface area (Å²) in [6, 6.07) is 8.59. The minimum absolute atomic E-state index is 0.391. The highest BCUT2D eigenvalue weighted by Gasteiger charge is 2.06. The van der Waals surface area contributed by atoms with Gasteiger partial charge in [-0.05, 0) is 19.1 Å². The molecule has 1 rings (SSSR count). The Labute approximate surface area is 93.5 Å². The molecule has 0 heterocycles. The number of para-hydroxylation sites is 1. The highest BCUT2D eigenvalue weighted by atomic mass is 16.6. The van der Waals surface area contributed by atoms with E-state index in [1.54, 1.807) is 31.2 Å². The first-order chi connectivity index (χ1) is 7.72. The van der Waals surface area contributed by atoms with Crippen LogP contribution in [0.3, 0.4) is 0 Å². The summed E-state index contributed by atoms with van der Waals surface area (Å²) in [7, 11) is 0. The molecule has 1 aromatic rings. The third kappa shape index (κ3) is 4.41. The van der Waals surface area contributed by atoms with Crippen molar-refractivity contribution in [2.45, 2.75) is 6.92 Å². The van der Waals surface area contributed by atoms with Gasteiger partial charge in [0.2, 0.25) is 0 Å². The molecule has 0 spiro atoms. The smallest absolute Gasteiger partial charge is 0.349 e. The summed E-state index contributed by atoms with van der Waals surface area (Å²) in [4.78, 5) is 22.1. The first-order valence-corrected chi connectivity index (χ1v) is 4.77. The van der Waals surface area contributed by atoms with Crippen LogP contribution in [0.4, 0.5) is 0 Å². The molecule has 16 heavy (non-hydrogen) atoms. The lowest BCUT2D eigenvalue weighted by Gasteiger charge is -2.03. The highest BCUT2D eigenvalue weighted by molar-refractivity contribution is 5.84. The Bertz CT molecular complexity index is 381. The monoisotopic (exact) mass is 220 g/mol. The van der Waals surface area contributed by atoms with Crippen LogP contribution in [-0.4, -0.2) is 18.5 Å². The van der Waals surface area contributed by atoms with Gasteiger partial charge in [0.25, 0.3) is 0 Å². The number of carbonyl (C=O) groups excluding carboxylic acids is 2. The first-order valence-electron chi connectivity index (χ1n) is 4.77. The number of esters is 2. The number of ether oxygens (including phenoxy) is 2. The molecule has 4 heteroatoms. The maximum atomic E-state index is 11.2. The number of carbonyl (C=O) groups is 2. The van der Waals surface area contributed by atoms with Crippen molar-refractivity contribution in [3.63, 3.8) is 0 Å². The second-order valence-electron chi connectivity index (χ2n) is 2.89. The van der Waals surface area contributed by atoms with Crippen molar-refractivity contribution in [3.8, 4) is 5.75 Å². The Kier molecular flexibility index (Phi) is 4.79. The van der Waals surface area contributed by atoms with Crippen LogP contribution in [0.5, 0.6) is 5.75 Å². The molecule has 0 fully saturated rings. The molecular formula is C12H12O4. The second-order valence-corrected chi connectivity index (χ2v) is 2.89. The Hall–Kier alpha value is -2.10. The summed E-state index contributed by atoms with van der Waals surface area (Å²) >= 11 is 0. The number of hydrogen-bond acceptors (Lipinski definition) is 4. The number of allylic oxidation sites excluding steroid dienone is 1. The zero-order chi connectivity index (χ0) is 11.8. The Morgan fingerprint density at radius 2 is 1.94 bits per heavy atom. The number of hydrogen-bond donors (Lipinski definition) is 0. The average molecular weight is 220 g/mol. The van der Waals surface area contributed by atoms with Gasteiger partial charge in [-0.15, -0.1) is 0 Å². The van der Waals surface area contributed by atoms with Crippen LogP contribution < -0.4 is 4.74 Å². The van der Waals surface area contributed by atoms with E-state index in [1.165, 1.54) is 12.2 Å². The van der Waals surface area contributed by atoms with Crippen molar-refractivity contribution in [1.82, 2.24) is 0 Å². The molecule has 1 aromatic carbocycles. The quantitative estimate of drug-likeness (QED) is 0.440. The van der Waals surface area contributed by atoms with E-state index in [1.807, 2.05) is 6.07 Å². The topological polar surface area (TPSA) is 52.6 Å². The summed E-state index contributed by atoms with van der Waals surface area (Å²) in [5.41, 5.74) is 0. The molecule has 0 aliphatic carbocycles. The normalized spacial score (nSPS) is 10.1. The molecule has 0 saturated carbocycles. The van der Waals surface area contributed by atoms with Gasteiger partial charge in [-0.3, -0.25) is 0 Å². The van der Waals surface area contributed by atoms with Gasteiger partial charge in [0.1, 0.15) is 5.75 Å². The van der Waals surface area contributed by atoms with Crippen LogP contribution in [0, 0.1) is 0 Å². The van der Waals surface area contributed by atoms with Gasteiger partial charge in [0.15, 0.2) is 6.61 Å². The fraction of sp³-hybridized carbons (Fsp3) is 0.167. The Morgan fingerprint density at radius 3 is 2.56 bits per heavy atom. The number of benzene rings is 1. The van der Waals surface area contributed by atoms with Crippen molar-refractivity contribution in [2.24, 2.45) is 0 Å². The molecule has 0 N–H and O–H groups in total. The predicted molar refractivity (Wildman–Crippen MR) is 57.9 cm³/mol. The molecular weight excluding hydrogens is 208 g/mol. The molecule has 0 aliphatic heterocycles. The van der Waals surface area contributed by atoms with Gasteiger partial charge >= 0.3 is 11.9 Å². The summed E-state index contributed by atoms with van der Waals surface area (Å²) in [5, 5.41) is 0. The average Bonchev–Trinajstić information content (AvgIpc) is 2.28. The number of rotatable bonds is 4. The molecule has 0 saturated heterocycles.